The van der Waals surface area contributed by atoms with Gasteiger partial charge in [-0.3, -0.25) is 4.79 Å². The summed E-state index contributed by atoms with van der Waals surface area (Å²) in [4.78, 5) is 12.6. The Morgan fingerprint density at radius 3 is 2.53 bits per heavy atom. The molecule has 17 heavy (non-hydrogen) atoms. The summed E-state index contributed by atoms with van der Waals surface area (Å²) in [5.74, 6) is -0.559. The fraction of sp³-hybridized carbons (Fsp3) is 0.143. The second-order valence-corrected chi connectivity index (χ2v) is 4.01. The van der Waals surface area contributed by atoms with Gasteiger partial charge in [0.05, 0.1) is 0 Å². The van der Waals surface area contributed by atoms with E-state index in [4.69, 9.17) is 5.26 Å². The van der Waals surface area contributed by atoms with Gasteiger partial charge in [0.2, 0.25) is 0 Å². The van der Waals surface area contributed by atoms with Crippen molar-refractivity contribution in [2.24, 2.45) is 0 Å². The molecule has 0 aliphatic heterocycles. The lowest BCUT2D eigenvalue weighted by Crippen LogP contribution is -2.24. The van der Waals surface area contributed by atoms with Crippen LogP contribution in [-0.2, 0) is 4.79 Å². The van der Waals surface area contributed by atoms with Crippen molar-refractivity contribution in [1.82, 2.24) is 0 Å². The lowest BCUT2D eigenvalue weighted by atomic mass is 10.1. The van der Waals surface area contributed by atoms with Crippen molar-refractivity contribution in [3.63, 3.8) is 0 Å². The van der Waals surface area contributed by atoms with Crippen LogP contribution in [0.15, 0.2) is 36.4 Å². The molecule has 0 fully saturated rings. The summed E-state index contributed by atoms with van der Waals surface area (Å²) in [6, 6.07) is 13.4. The number of nitriles is 1. The number of aryl methyl sites for hydroxylation is 1. The van der Waals surface area contributed by atoms with E-state index in [1.54, 1.807) is 13.1 Å². The number of hydrogen-bond donors (Lipinski definition) is 0. The highest BCUT2D eigenvalue weighted by Crippen LogP contribution is 2.22. The fourth-order valence-corrected chi connectivity index (χ4v) is 1.75. The van der Waals surface area contributed by atoms with Crippen LogP contribution in [0.25, 0.3) is 10.8 Å². The first-order valence-electron chi connectivity index (χ1n) is 5.30. The summed E-state index contributed by atoms with van der Waals surface area (Å²) in [5, 5.41) is 10.8. The molecule has 0 radical (unpaired) electrons. The van der Waals surface area contributed by atoms with E-state index in [0.717, 1.165) is 16.5 Å². The van der Waals surface area contributed by atoms with Gasteiger partial charge < -0.3 is 4.90 Å². The van der Waals surface area contributed by atoms with Gasteiger partial charge in [0.15, 0.2) is 6.07 Å². The number of carbonyl (C=O) groups excluding carboxylic acids is 1. The lowest BCUT2D eigenvalue weighted by Gasteiger charge is -2.14. The zero-order valence-corrected chi connectivity index (χ0v) is 9.77. The average Bonchev–Trinajstić information content (AvgIpc) is 2.36. The first kappa shape index (κ1) is 11.2. The van der Waals surface area contributed by atoms with Gasteiger partial charge in [-0.15, -0.1) is 0 Å². The van der Waals surface area contributed by atoms with E-state index in [9.17, 15) is 4.79 Å². The first-order valence-corrected chi connectivity index (χ1v) is 5.30. The highest BCUT2D eigenvalue weighted by molar-refractivity contribution is 6.04. The van der Waals surface area contributed by atoms with Gasteiger partial charge in [-0.1, -0.05) is 29.8 Å². The van der Waals surface area contributed by atoms with Crippen molar-refractivity contribution in [2.45, 2.75) is 6.92 Å². The highest BCUT2D eigenvalue weighted by atomic mass is 16.2. The normalized spacial score (nSPS) is 9.94. The molecule has 3 nitrogen and oxygen atoms in total. The zero-order chi connectivity index (χ0) is 12.4. The number of hydrogen-bond acceptors (Lipinski definition) is 2. The molecule has 0 N–H and O–H groups in total. The Hall–Kier alpha value is -2.34. The van der Waals surface area contributed by atoms with E-state index >= 15 is 0 Å². The van der Waals surface area contributed by atoms with Crippen LogP contribution in [0.5, 0.6) is 0 Å². The SMILES string of the molecule is Cc1ccc2cc(N(C)C(=O)C#N)ccc2c1. The summed E-state index contributed by atoms with van der Waals surface area (Å²) in [6.45, 7) is 2.04. The Balaban J connectivity index is 2.49. The van der Waals surface area contributed by atoms with E-state index in [0.29, 0.717) is 0 Å². The van der Waals surface area contributed by atoms with E-state index in [-0.39, 0.29) is 0 Å². The smallest absolute Gasteiger partial charge is 0.303 e. The molecule has 1 amide bonds. The van der Waals surface area contributed by atoms with Crippen molar-refractivity contribution in [3.05, 3.63) is 42.0 Å². The monoisotopic (exact) mass is 224 g/mol. The Bertz CT molecular complexity index is 626. The molecular weight excluding hydrogens is 212 g/mol. The molecule has 0 saturated heterocycles. The Kier molecular flexibility index (Phi) is 2.80. The second kappa shape index (κ2) is 4.26. The van der Waals surface area contributed by atoms with E-state index in [1.165, 1.54) is 10.5 Å². The van der Waals surface area contributed by atoms with Gasteiger partial charge in [-0.25, -0.2) is 0 Å². The number of nitrogens with zero attached hydrogens (tertiary/aromatic N) is 2. The maximum Gasteiger partial charge on any atom is 0.329 e. The number of amides is 1. The van der Waals surface area contributed by atoms with Gasteiger partial charge in [-0.2, -0.15) is 5.26 Å². The van der Waals surface area contributed by atoms with Crippen LogP contribution in [0.4, 0.5) is 5.69 Å². The molecule has 3 heteroatoms. The third-order valence-corrected chi connectivity index (χ3v) is 2.77. The summed E-state index contributed by atoms with van der Waals surface area (Å²) in [5.41, 5.74) is 1.93. The maximum absolute atomic E-state index is 11.3. The molecule has 0 spiro atoms. The van der Waals surface area contributed by atoms with Crippen molar-refractivity contribution in [1.29, 1.82) is 5.26 Å². The third-order valence-electron chi connectivity index (χ3n) is 2.77. The molecule has 2 aromatic rings. The van der Waals surface area contributed by atoms with Crippen LogP contribution in [0.2, 0.25) is 0 Å². The van der Waals surface area contributed by atoms with E-state index in [2.05, 4.69) is 6.07 Å². The van der Waals surface area contributed by atoms with Gasteiger partial charge in [0.25, 0.3) is 0 Å². The molecule has 0 saturated carbocycles. The lowest BCUT2D eigenvalue weighted by molar-refractivity contribution is -0.113. The quantitative estimate of drug-likeness (QED) is 0.699. The predicted octanol–water partition coefficient (Wildman–Crippen LogP) is 2.63. The summed E-state index contributed by atoms with van der Waals surface area (Å²) >= 11 is 0. The standard InChI is InChI=1S/C14H12N2O/c1-10-3-4-12-8-13(6-5-11(12)7-10)16(2)14(17)9-15/h3-8H,1-2H3. The molecule has 0 aromatic heterocycles. The number of carbonyl (C=O) groups is 1. The van der Waals surface area contributed by atoms with Gasteiger partial charge in [0.1, 0.15) is 0 Å². The molecule has 0 heterocycles. The molecule has 0 bridgehead atoms. The van der Waals surface area contributed by atoms with Crippen molar-refractivity contribution in [3.8, 4) is 6.07 Å². The number of fused-ring (bicyclic) bond motifs is 1. The van der Waals surface area contributed by atoms with Crippen molar-refractivity contribution >= 4 is 22.4 Å². The molecular formula is C14H12N2O. The van der Waals surface area contributed by atoms with E-state index in [1.807, 2.05) is 37.3 Å². The van der Waals surface area contributed by atoms with Gasteiger partial charge >= 0.3 is 5.91 Å². The fourth-order valence-electron chi connectivity index (χ4n) is 1.75. The summed E-state index contributed by atoms with van der Waals surface area (Å²) in [7, 11) is 1.60. The summed E-state index contributed by atoms with van der Waals surface area (Å²) in [6.07, 6.45) is 0. The Morgan fingerprint density at radius 2 is 1.82 bits per heavy atom. The van der Waals surface area contributed by atoms with Crippen LogP contribution >= 0.6 is 0 Å². The van der Waals surface area contributed by atoms with Crippen molar-refractivity contribution < 1.29 is 4.79 Å². The second-order valence-electron chi connectivity index (χ2n) is 4.01. The van der Waals surface area contributed by atoms with Crippen LogP contribution in [0.3, 0.4) is 0 Å². The Labute approximate surface area is 99.9 Å². The minimum atomic E-state index is -0.559. The number of rotatable bonds is 1. The van der Waals surface area contributed by atoms with Gasteiger partial charge in [0, 0.05) is 12.7 Å². The minimum Gasteiger partial charge on any atom is -0.303 e. The Morgan fingerprint density at radius 1 is 1.18 bits per heavy atom. The zero-order valence-electron chi connectivity index (χ0n) is 9.77. The average molecular weight is 224 g/mol. The first-order chi connectivity index (χ1) is 8.11. The van der Waals surface area contributed by atoms with Gasteiger partial charge in [-0.05, 0) is 29.8 Å². The van der Waals surface area contributed by atoms with E-state index < -0.39 is 5.91 Å². The van der Waals surface area contributed by atoms with Crippen molar-refractivity contribution in [2.75, 3.05) is 11.9 Å². The molecule has 2 rings (SSSR count). The number of benzene rings is 2. The molecule has 0 aliphatic carbocycles. The van der Waals surface area contributed by atoms with Crippen LogP contribution in [0, 0.1) is 18.3 Å². The third kappa shape index (κ3) is 2.11. The minimum absolute atomic E-state index is 0.559. The topological polar surface area (TPSA) is 44.1 Å². The maximum atomic E-state index is 11.3. The molecule has 2 aromatic carbocycles. The summed E-state index contributed by atoms with van der Waals surface area (Å²) < 4.78 is 0. The van der Waals surface area contributed by atoms with Crippen LogP contribution < -0.4 is 4.90 Å². The predicted molar refractivity (Wildman–Crippen MR) is 67.7 cm³/mol. The molecule has 0 unspecified atom stereocenters. The highest BCUT2D eigenvalue weighted by Gasteiger charge is 2.09. The van der Waals surface area contributed by atoms with Crippen LogP contribution in [0.1, 0.15) is 5.56 Å². The largest absolute Gasteiger partial charge is 0.329 e. The van der Waals surface area contributed by atoms with Crippen LogP contribution in [-0.4, -0.2) is 13.0 Å². The number of anilines is 1. The molecule has 84 valence electrons. The molecule has 0 aliphatic rings. The molecule has 0 atom stereocenters.